The van der Waals surface area contributed by atoms with Gasteiger partial charge in [0.15, 0.2) is 0 Å². The first kappa shape index (κ1) is 57.7. The molecule has 2 aliphatic heterocycles. The second kappa shape index (κ2) is 18.5. The first-order chi connectivity index (χ1) is 40.1. The van der Waals surface area contributed by atoms with Crippen LogP contribution in [0, 0.1) is 26.2 Å². The monoisotopic (exact) mass is 1130 g/mol. The van der Waals surface area contributed by atoms with E-state index in [9.17, 15) is 0 Å². The van der Waals surface area contributed by atoms with Crippen molar-refractivity contribution < 1.29 is 0 Å². The summed E-state index contributed by atoms with van der Waals surface area (Å²) >= 11 is 0. The Hall–Kier alpha value is -6.06. The number of fused-ring (bicyclic) bond motifs is 10. The maximum atomic E-state index is 2.79. The van der Waals surface area contributed by atoms with E-state index < -0.39 is 0 Å². The summed E-state index contributed by atoms with van der Waals surface area (Å²) in [5, 5.41) is 0. The van der Waals surface area contributed by atoms with Gasteiger partial charge in [0.2, 0.25) is 0 Å². The Morgan fingerprint density at radius 1 is 0.372 bits per heavy atom. The van der Waals surface area contributed by atoms with Crippen LogP contribution in [0.3, 0.4) is 0 Å². The largest absolute Gasteiger partial charge is 0.311 e. The Kier molecular flexibility index (Phi) is 12.4. The molecule has 0 aromatic heterocycles. The van der Waals surface area contributed by atoms with Gasteiger partial charge >= 0.3 is 0 Å². The van der Waals surface area contributed by atoms with Crippen molar-refractivity contribution in [2.45, 2.75) is 246 Å². The van der Waals surface area contributed by atoms with Crippen molar-refractivity contribution in [3.63, 3.8) is 0 Å². The van der Waals surface area contributed by atoms with Gasteiger partial charge in [-0.3, -0.25) is 0 Å². The molecular formula is C83H99BN2. The minimum atomic E-state index is -0.00477. The second-order valence-corrected chi connectivity index (χ2v) is 34.3. The number of hydrogen-bond acceptors (Lipinski definition) is 2. The van der Waals surface area contributed by atoms with Crippen LogP contribution in [0.2, 0.25) is 0 Å². The average molecular weight is 1140 g/mol. The zero-order valence-electron chi connectivity index (χ0n) is 56.5. The first-order valence-electron chi connectivity index (χ1n) is 33.5. The molecule has 1 saturated carbocycles. The van der Waals surface area contributed by atoms with Crippen molar-refractivity contribution in [2.75, 3.05) is 9.80 Å². The molecule has 0 N–H and O–H groups in total. The molecule has 5 aliphatic carbocycles. The van der Waals surface area contributed by atoms with Gasteiger partial charge in [-0.25, -0.2) is 0 Å². The third-order valence-corrected chi connectivity index (χ3v) is 24.7. The van der Waals surface area contributed by atoms with E-state index >= 15 is 0 Å². The van der Waals surface area contributed by atoms with Gasteiger partial charge in [-0.2, -0.15) is 0 Å². The third-order valence-electron chi connectivity index (χ3n) is 24.7. The predicted molar refractivity (Wildman–Crippen MR) is 372 cm³/mol. The predicted octanol–water partition coefficient (Wildman–Crippen LogP) is 21.0. The van der Waals surface area contributed by atoms with Crippen LogP contribution in [-0.4, -0.2) is 6.71 Å². The molecule has 0 radical (unpaired) electrons. The van der Waals surface area contributed by atoms with E-state index in [-0.39, 0.29) is 55.4 Å². The number of nitrogens with zero attached hydrogens (tertiary/aromatic N) is 2. The summed E-state index contributed by atoms with van der Waals surface area (Å²) in [6.07, 6.45) is 14.8. The summed E-state index contributed by atoms with van der Waals surface area (Å²) in [5.41, 5.74) is 35.5. The van der Waals surface area contributed by atoms with Gasteiger partial charge in [-0.15, -0.1) is 0 Å². The van der Waals surface area contributed by atoms with Crippen LogP contribution in [0.4, 0.5) is 34.1 Å². The lowest BCUT2D eigenvalue weighted by atomic mass is 9.33. The van der Waals surface area contributed by atoms with E-state index in [2.05, 4.69) is 264 Å². The van der Waals surface area contributed by atoms with Gasteiger partial charge in [-0.05, 0) is 263 Å². The minimum absolute atomic E-state index is 0.00477. The molecule has 7 aromatic rings. The van der Waals surface area contributed by atoms with Crippen molar-refractivity contribution in [3.05, 3.63) is 188 Å². The van der Waals surface area contributed by atoms with Crippen LogP contribution in [0.15, 0.2) is 115 Å². The summed E-state index contributed by atoms with van der Waals surface area (Å²) < 4.78 is 0. The zero-order valence-corrected chi connectivity index (χ0v) is 56.5. The van der Waals surface area contributed by atoms with Gasteiger partial charge < -0.3 is 9.80 Å². The van der Waals surface area contributed by atoms with E-state index in [1.165, 1.54) is 204 Å². The number of hydrogen-bond donors (Lipinski definition) is 0. The Bertz CT molecular complexity index is 4070. The van der Waals surface area contributed by atoms with Crippen molar-refractivity contribution in [1.29, 1.82) is 0 Å². The number of rotatable bonds is 4. The van der Waals surface area contributed by atoms with E-state index in [0.29, 0.717) is 0 Å². The van der Waals surface area contributed by atoms with E-state index in [0.717, 1.165) is 0 Å². The maximum Gasteiger partial charge on any atom is 0.252 e. The van der Waals surface area contributed by atoms with Gasteiger partial charge in [0, 0.05) is 39.5 Å². The summed E-state index contributed by atoms with van der Waals surface area (Å²) in [7, 11) is 0. The molecule has 1 fully saturated rings. The smallest absolute Gasteiger partial charge is 0.252 e. The van der Waals surface area contributed by atoms with Gasteiger partial charge in [0.1, 0.15) is 0 Å². The molecule has 2 heterocycles. The Morgan fingerprint density at radius 3 is 1.30 bits per heavy atom. The number of anilines is 6. The molecule has 2 atom stereocenters. The molecule has 7 aromatic carbocycles. The molecule has 0 saturated heterocycles. The molecule has 0 bridgehead atoms. The van der Waals surface area contributed by atoms with E-state index in [4.69, 9.17) is 0 Å². The fourth-order valence-corrected chi connectivity index (χ4v) is 18.2. The lowest BCUT2D eigenvalue weighted by Crippen LogP contribution is -2.62. The lowest BCUT2D eigenvalue weighted by Gasteiger charge is -2.53. The minimum Gasteiger partial charge on any atom is -0.311 e. The van der Waals surface area contributed by atoms with Crippen LogP contribution >= 0.6 is 0 Å². The SMILES string of the molecule is Cc1cc2c3c(c1)N(c1cc4c(cc1C)C(C)(C)CCC4(C)C)c1cc4c(cc1B3c1ccc(C3=CC5(C)CCCCC5(C)c5cc(-c6ccc(C(C)(C)C)cc6)ccc53)cc1N2c1cc2c(cc1C)C(C)(C)CCC2(C)C)C(C)(C)CCC4(C)C. The molecule has 2 unspecified atom stereocenters. The molecule has 14 rings (SSSR count). The van der Waals surface area contributed by atoms with E-state index in [1.807, 2.05) is 0 Å². The van der Waals surface area contributed by atoms with Crippen LogP contribution in [0.1, 0.15) is 254 Å². The third kappa shape index (κ3) is 8.43. The van der Waals surface area contributed by atoms with Crippen molar-refractivity contribution in [1.82, 2.24) is 0 Å². The van der Waals surface area contributed by atoms with Crippen molar-refractivity contribution >= 4 is 62.8 Å². The average Bonchev–Trinajstić information content (AvgIpc) is 0.697. The lowest BCUT2D eigenvalue weighted by molar-refractivity contribution is 0.138. The summed E-state index contributed by atoms with van der Waals surface area (Å²) in [6, 6.07) is 46.0. The van der Waals surface area contributed by atoms with Crippen LogP contribution in [-0.2, 0) is 43.3 Å². The fourth-order valence-electron chi connectivity index (χ4n) is 18.2. The highest BCUT2D eigenvalue weighted by atomic mass is 15.2. The second-order valence-electron chi connectivity index (χ2n) is 34.3. The Labute approximate surface area is 519 Å². The quantitative estimate of drug-likeness (QED) is 0.162. The Balaban J connectivity index is 1.06. The molecule has 7 aliphatic rings. The standard InChI is InChI=1S/C83H99BN2/c1-50-39-72-74-73(40-50)86(69-47-64-61(42-52(69)3)77(9,10)34-37-80(64,15)16)71-48-65-62(78(11,12)35-38-81(65,17)18)45-67(71)84(74)66-30-26-55(44-70(66)85(72)68-46-63-60(41-51(68)2)76(7,8)33-36-79(63,13)14)58-49-82(19)31-21-22-32-83(82,20)59-43-54(25-29-57(58)59)53-23-27-56(28-24-53)75(4,5)6/h23-30,39-49H,21-22,31-38H2,1-20H3. The van der Waals surface area contributed by atoms with Gasteiger partial charge in [0.05, 0.1) is 0 Å². The number of benzene rings is 7. The van der Waals surface area contributed by atoms with Crippen molar-refractivity contribution in [2.24, 2.45) is 5.41 Å². The Morgan fingerprint density at radius 2 is 0.802 bits per heavy atom. The molecule has 2 nitrogen and oxygen atoms in total. The van der Waals surface area contributed by atoms with Crippen LogP contribution in [0.5, 0.6) is 0 Å². The highest BCUT2D eigenvalue weighted by Crippen LogP contribution is 2.61. The van der Waals surface area contributed by atoms with Gasteiger partial charge in [0.25, 0.3) is 6.71 Å². The topological polar surface area (TPSA) is 6.48 Å². The number of allylic oxidation sites excluding steroid dienone is 1. The summed E-state index contributed by atoms with van der Waals surface area (Å²) in [4.78, 5) is 5.57. The zero-order chi connectivity index (χ0) is 61.2. The van der Waals surface area contributed by atoms with E-state index in [1.54, 1.807) is 0 Å². The fraction of sp³-hybridized carbons (Fsp3) is 0.470. The molecular weight excluding hydrogens is 1040 g/mol. The molecule has 3 heteroatoms. The summed E-state index contributed by atoms with van der Waals surface area (Å²) in [6.45, 7) is 49.4. The molecule has 0 amide bonds. The first-order valence-corrected chi connectivity index (χ1v) is 33.5. The molecule has 86 heavy (non-hydrogen) atoms. The molecule has 444 valence electrons. The van der Waals surface area contributed by atoms with Crippen LogP contribution < -0.4 is 26.2 Å². The van der Waals surface area contributed by atoms with Crippen LogP contribution in [0.25, 0.3) is 16.7 Å². The van der Waals surface area contributed by atoms with Gasteiger partial charge in [-0.1, -0.05) is 203 Å². The maximum absolute atomic E-state index is 2.79. The highest BCUT2D eigenvalue weighted by molar-refractivity contribution is 7.00. The molecule has 0 spiro atoms. The van der Waals surface area contributed by atoms with Crippen molar-refractivity contribution in [3.8, 4) is 11.1 Å². The highest BCUT2D eigenvalue weighted by Gasteiger charge is 2.52. The normalized spacial score (nSPS) is 23.8. The summed E-state index contributed by atoms with van der Waals surface area (Å²) in [5.74, 6) is 0. The number of aryl methyl sites for hydroxylation is 3.